The number of aliphatic hydroxyl groups is 1. The number of para-hydroxylation sites is 1. The highest BCUT2D eigenvalue weighted by molar-refractivity contribution is 5.43. The fraction of sp³-hybridized carbons (Fsp3) is 0.222. The predicted octanol–water partition coefficient (Wildman–Crippen LogP) is 4.86. The molecule has 0 bridgehead atoms. The maximum atomic E-state index is 11.8. The van der Waals surface area contributed by atoms with Crippen LogP contribution in [0.25, 0.3) is 0 Å². The van der Waals surface area contributed by atoms with Gasteiger partial charge < -0.3 is 14.3 Å². The molecule has 5 heteroatoms. The van der Waals surface area contributed by atoms with Crippen LogP contribution in [0.4, 0.5) is 0 Å². The number of benzene rings is 3. The zero-order valence-electron chi connectivity index (χ0n) is 18.2. The highest BCUT2D eigenvalue weighted by atomic mass is 16.5. The topological polar surface area (TPSA) is 58.7 Å². The first-order chi connectivity index (χ1) is 15.7. The van der Waals surface area contributed by atoms with Crippen LogP contribution in [0.5, 0.6) is 5.75 Å². The second-order valence-corrected chi connectivity index (χ2v) is 7.82. The average molecular weight is 429 g/mol. The zero-order chi connectivity index (χ0) is 22.2. The number of ether oxygens (including phenoxy) is 1. The Morgan fingerprint density at radius 1 is 0.875 bits per heavy atom. The Labute approximate surface area is 188 Å². The Morgan fingerprint density at radius 3 is 2.03 bits per heavy atom. The van der Waals surface area contributed by atoms with Gasteiger partial charge in [0.05, 0.1) is 13.2 Å². The van der Waals surface area contributed by atoms with E-state index in [1.165, 1.54) is 0 Å². The van der Waals surface area contributed by atoms with Crippen LogP contribution >= 0.6 is 0 Å². The molecule has 0 fully saturated rings. The maximum absolute atomic E-state index is 11.8. The van der Waals surface area contributed by atoms with Crippen molar-refractivity contribution in [3.05, 3.63) is 120 Å². The third-order valence-corrected chi connectivity index (χ3v) is 5.41. The van der Waals surface area contributed by atoms with Crippen molar-refractivity contribution in [1.82, 2.24) is 9.88 Å². The van der Waals surface area contributed by atoms with Gasteiger partial charge in [0.1, 0.15) is 17.7 Å². The molecule has 1 N–H and O–H groups in total. The van der Waals surface area contributed by atoms with Crippen molar-refractivity contribution >= 4 is 0 Å². The molecule has 164 valence electrons. The summed E-state index contributed by atoms with van der Waals surface area (Å²) >= 11 is 0. The number of oxazole rings is 1. The molecule has 0 atom stereocenters. The second kappa shape index (κ2) is 10.3. The molecule has 5 nitrogen and oxygen atoms in total. The molecule has 0 aliphatic heterocycles. The standard InChI is InChI=1S/C27H28N2O3/c1-29(18-11-19-31-24-16-9-4-10-17-24)20-26-28-25(21-32-26)27(30,22-12-5-2-6-13-22)23-14-7-3-8-15-23/h2-10,12-17,21,30H,11,18-20H2,1H3. The first kappa shape index (κ1) is 21.8. The average Bonchev–Trinajstić information content (AvgIpc) is 3.32. The monoisotopic (exact) mass is 428 g/mol. The van der Waals surface area contributed by atoms with E-state index in [2.05, 4.69) is 9.88 Å². The summed E-state index contributed by atoms with van der Waals surface area (Å²) in [4.78, 5) is 6.79. The minimum absolute atomic E-state index is 0.478. The molecule has 0 amide bonds. The number of hydrogen-bond acceptors (Lipinski definition) is 5. The largest absolute Gasteiger partial charge is 0.494 e. The van der Waals surface area contributed by atoms with Crippen LogP contribution in [0.1, 0.15) is 29.1 Å². The summed E-state index contributed by atoms with van der Waals surface area (Å²) in [5.74, 6) is 1.45. The zero-order valence-corrected chi connectivity index (χ0v) is 18.2. The van der Waals surface area contributed by atoms with E-state index in [9.17, 15) is 5.11 Å². The lowest BCUT2D eigenvalue weighted by molar-refractivity contribution is 0.120. The summed E-state index contributed by atoms with van der Waals surface area (Å²) < 4.78 is 11.5. The van der Waals surface area contributed by atoms with Gasteiger partial charge in [-0.2, -0.15) is 0 Å². The van der Waals surface area contributed by atoms with Gasteiger partial charge in [-0.05, 0) is 36.7 Å². The molecule has 0 aliphatic rings. The van der Waals surface area contributed by atoms with Gasteiger partial charge >= 0.3 is 0 Å². The van der Waals surface area contributed by atoms with E-state index in [-0.39, 0.29) is 0 Å². The fourth-order valence-electron chi connectivity index (χ4n) is 3.72. The SMILES string of the molecule is CN(CCCOc1ccccc1)Cc1nc(C(O)(c2ccccc2)c2ccccc2)co1. The maximum Gasteiger partial charge on any atom is 0.208 e. The summed E-state index contributed by atoms with van der Waals surface area (Å²) in [6, 6.07) is 28.9. The second-order valence-electron chi connectivity index (χ2n) is 7.82. The van der Waals surface area contributed by atoms with E-state index in [1.54, 1.807) is 6.26 Å². The van der Waals surface area contributed by atoms with Crippen molar-refractivity contribution < 1.29 is 14.3 Å². The van der Waals surface area contributed by atoms with Gasteiger partial charge in [-0.3, -0.25) is 4.90 Å². The smallest absolute Gasteiger partial charge is 0.208 e. The molecule has 4 aromatic rings. The van der Waals surface area contributed by atoms with Crippen LogP contribution in [0.3, 0.4) is 0 Å². The molecule has 0 radical (unpaired) electrons. The van der Waals surface area contributed by atoms with E-state index < -0.39 is 5.60 Å². The highest BCUT2D eigenvalue weighted by Crippen LogP contribution is 2.36. The molecular formula is C27H28N2O3. The van der Waals surface area contributed by atoms with E-state index in [4.69, 9.17) is 9.15 Å². The van der Waals surface area contributed by atoms with Crippen molar-refractivity contribution in [2.24, 2.45) is 0 Å². The number of hydrogen-bond donors (Lipinski definition) is 1. The first-order valence-electron chi connectivity index (χ1n) is 10.8. The van der Waals surface area contributed by atoms with Crippen molar-refractivity contribution in [2.75, 3.05) is 20.2 Å². The molecule has 3 aromatic carbocycles. The molecule has 0 aliphatic carbocycles. The lowest BCUT2D eigenvalue weighted by Gasteiger charge is -2.27. The Bertz CT molecular complexity index is 1040. The van der Waals surface area contributed by atoms with Gasteiger partial charge in [0.25, 0.3) is 0 Å². The van der Waals surface area contributed by atoms with E-state index in [0.717, 1.165) is 29.8 Å². The summed E-state index contributed by atoms with van der Waals surface area (Å²) in [6.45, 7) is 2.03. The van der Waals surface area contributed by atoms with Crippen molar-refractivity contribution in [3.63, 3.8) is 0 Å². The van der Waals surface area contributed by atoms with Crippen LogP contribution in [-0.4, -0.2) is 35.2 Å². The highest BCUT2D eigenvalue weighted by Gasteiger charge is 2.36. The van der Waals surface area contributed by atoms with E-state index >= 15 is 0 Å². The van der Waals surface area contributed by atoms with Gasteiger partial charge in [0, 0.05) is 6.54 Å². The van der Waals surface area contributed by atoms with Gasteiger partial charge in [0.15, 0.2) is 5.60 Å². The lowest BCUT2D eigenvalue weighted by atomic mass is 9.84. The minimum Gasteiger partial charge on any atom is -0.494 e. The van der Waals surface area contributed by atoms with Crippen molar-refractivity contribution in [2.45, 2.75) is 18.6 Å². The van der Waals surface area contributed by atoms with Crippen LogP contribution in [0.2, 0.25) is 0 Å². The minimum atomic E-state index is -1.38. The fourth-order valence-corrected chi connectivity index (χ4v) is 3.72. The molecule has 32 heavy (non-hydrogen) atoms. The van der Waals surface area contributed by atoms with Crippen LogP contribution < -0.4 is 4.74 Å². The summed E-state index contributed by atoms with van der Waals surface area (Å²) in [5, 5.41) is 11.8. The molecular weight excluding hydrogens is 400 g/mol. The molecule has 0 saturated heterocycles. The number of nitrogens with zero attached hydrogens (tertiary/aromatic N) is 2. The van der Waals surface area contributed by atoms with Crippen LogP contribution in [-0.2, 0) is 12.1 Å². The molecule has 0 saturated carbocycles. The summed E-state index contributed by atoms with van der Waals surface area (Å²) in [7, 11) is 2.02. The van der Waals surface area contributed by atoms with E-state index in [0.29, 0.717) is 24.7 Å². The van der Waals surface area contributed by atoms with Crippen LogP contribution in [0.15, 0.2) is 102 Å². The van der Waals surface area contributed by atoms with Crippen molar-refractivity contribution in [3.8, 4) is 5.75 Å². The molecule has 4 rings (SSSR count). The molecule has 1 aromatic heterocycles. The Hall–Kier alpha value is -3.41. The third kappa shape index (κ3) is 5.07. The van der Waals surface area contributed by atoms with Crippen molar-refractivity contribution in [1.29, 1.82) is 0 Å². The number of rotatable bonds is 10. The Kier molecular flexibility index (Phi) is 7.00. The molecule has 0 unspecified atom stereocenters. The van der Waals surface area contributed by atoms with E-state index in [1.807, 2.05) is 98.0 Å². The van der Waals surface area contributed by atoms with Gasteiger partial charge in [-0.15, -0.1) is 0 Å². The predicted molar refractivity (Wildman–Crippen MR) is 124 cm³/mol. The number of aromatic nitrogens is 1. The van der Waals surface area contributed by atoms with Crippen LogP contribution in [0, 0.1) is 0 Å². The molecule has 1 heterocycles. The summed E-state index contributed by atoms with van der Waals surface area (Å²) in [5.41, 5.74) is 0.590. The molecule has 0 spiro atoms. The van der Waals surface area contributed by atoms with Gasteiger partial charge in [-0.1, -0.05) is 78.9 Å². The lowest BCUT2D eigenvalue weighted by Crippen LogP contribution is -2.29. The normalized spacial score (nSPS) is 11.6. The first-order valence-corrected chi connectivity index (χ1v) is 10.8. The quantitative estimate of drug-likeness (QED) is 0.366. The van der Waals surface area contributed by atoms with Gasteiger partial charge in [-0.25, -0.2) is 4.98 Å². The Balaban J connectivity index is 1.42. The van der Waals surface area contributed by atoms with Gasteiger partial charge in [0.2, 0.25) is 5.89 Å². The third-order valence-electron chi connectivity index (χ3n) is 5.41. The Morgan fingerprint density at radius 2 is 1.44 bits per heavy atom. The summed E-state index contributed by atoms with van der Waals surface area (Å²) in [6.07, 6.45) is 2.44.